The summed E-state index contributed by atoms with van der Waals surface area (Å²) in [6.07, 6.45) is 1.83. The largest absolute Gasteiger partial charge is 0.392 e. The summed E-state index contributed by atoms with van der Waals surface area (Å²) < 4.78 is 0. The number of hydrogen-bond acceptors (Lipinski definition) is 1. The Labute approximate surface area is 80.0 Å². The molecule has 0 aliphatic carbocycles. The highest BCUT2D eigenvalue weighted by atomic mass is 16.3. The van der Waals surface area contributed by atoms with Crippen molar-refractivity contribution in [3.63, 3.8) is 0 Å². The predicted octanol–water partition coefficient (Wildman–Crippen LogP) is 2.88. The number of aliphatic hydroxyl groups is 1. The molecule has 1 aromatic rings. The maximum absolute atomic E-state index is 8.04. The van der Waals surface area contributed by atoms with Crippen molar-refractivity contribution < 1.29 is 5.11 Å². The minimum Gasteiger partial charge on any atom is -0.392 e. The Morgan fingerprint density at radius 3 is 2.08 bits per heavy atom. The highest BCUT2D eigenvalue weighted by Gasteiger charge is 1.75. The van der Waals surface area contributed by atoms with E-state index in [4.69, 9.17) is 5.11 Å². The van der Waals surface area contributed by atoms with Crippen molar-refractivity contribution >= 4 is 6.08 Å². The van der Waals surface area contributed by atoms with Crippen LogP contribution in [-0.2, 0) is 0 Å². The topological polar surface area (TPSA) is 20.2 Å². The van der Waals surface area contributed by atoms with Crippen LogP contribution in [0.5, 0.6) is 0 Å². The van der Waals surface area contributed by atoms with Gasteiger partial charge in [0.1, 0.15) is 0 Å². The van der Waals surface area contributed by atoms with E-state index >= 15 is 0 Å². The van der Waals surface area contributed by atoms with Gasteiger partial charge in [-0.15, -0.1) is 0 Å². The van der Waals surface area contributed by atoms with E-state index in [-0.39, 0.29) is 6.61 Å². The summed E-state index contributed by atoms with van der Waals surface area (Å²) in [5, 5.41) is 8.04. The molecule has 70 valence electrons. The Bertz CT molecular complexity index is 249. The molecule has 1 heteroatoms. The van der Waals surface area contributed by atoms with Crippen molar-refractivity contribution in [2.75, 3.05) is 6.61 Å². The van der Waals surface area contributed by atoms with Gasteiger partial charge in [-0.1, -0.05) is 55.1 Å². The second-order valence-corrected chi connectivity index (χ2v) is 2.73. The molecule has 0 spiro atoms. The molecule has 0 aliphatic rings. The molecule has 0 saturated carbocycles. The molecular weight excluding hydrogens is 160 g/mol. The first-order valence-electron chi connectivity index (χ1n) is 4.13. The molecule has 0 fully saturated rings. The average molecular weight is 176 g/mol. The summed E-state index contributed by atoms with van der Waals surface area (Å²) in [7, 11) is 0. The summed E-state index contributed by atoms with van der Waals surface area (Å²) in [5.41, 5.74) is 1.98. The zero-order valence-electron chi connectivity index (χ0n) is 8.03. The van der Waals surface area contributed by atoms with Crippen LogP contribution >= 0.6 is 0 Å². The second kappa shape index (κ2) is 7.32. The molecule has 0 aliphatic heterocycles. The molecule has 0 heterocycles. The van der Waals surface area contributed by atoms with Crippen LogP contribution in [0.25, 0.3) is 6.08 Å². The summed E-state index contributed by atoms with van der Waals surface area (Å²) in [6, 6.07) is 10.0. The third kappa shape index (κ3) is 7.04. The van der Waals surface area contributed by atoms with Crippen molar-refractivity contribution in [1.29, 1.82) is 0 Å². The molecule has 0 unspecified atom stereocenters. The Kier molecular flexibility index (Phi) is 6.56. The van der Waals surface area contributed by atoms with Gasteiger partial charge in [-0.3, -0.25) is 0 Å². The zero-order valence-corrected chi connectivity index (χ0v) is 8.03. The van der Waals surface area contributed by atoms with Gasteiger partial charge in [0.05, 0.1) is 6.61 Å². The van der Waals surface area contributed by atoms with E-state index in [0.717, 1.165) is 5.57 Å². The summed E-state index contributed by atoms with van der Waals surface area (Å²) in [5.74, 6) is 0. The average Bonchev–Trinajstić information content (AvgIpc) is 2.20. The third-order valence-corrected chi connectivity index (χ3v) is 1.31. The van der Waals surface area contributed by atoms with E-state index < -0.39 is 0 Å². The van der Waals surface area contributed by atoms with Crippen molar-refractivity contribution in [2.45, 2.75) is 6.92 Å². The fourth-order valence-corrected chi connectivity index (χ4v) is 0.589. The molecule has 1 nitrogen and oxygen atoms in total. The molecule has 0 saturated heterocycles. The van der Waals surface area contributed by atoms with Crippen molar-refractivity contribution in [3.8, 4) is 0 Å². The van der Waals surface area contributed by atoms with E-state index in [0.29, 0.717) is 0 Å². The van der Waals surface area contributed by atoms with Gasteiger partial charge in [-0.2, -0.15) is 0 Å². The second-order valence-electron chi connectivity index (χ2n) is 2.73. The van der Waals surface area contributed by atoms with Crippen LogP contribution in [0.15, 0.2) is 49.1 Å². The Morgan fingerprint density at radius 1 is 1.38 bits per heavy atom. The van der Waals surface area contributed by atoms with Gasteiger partial charge < -0.3 is 5.11 Å². The van der Waals surface area contributed by atoms with Crippen LogP contribution in [0.2, 0.25) is 0 Å². The van der Waals surface area contributed by atoms with E-state index in [1.165, 1.54) is 5.56 Å². The Hall–Kier alpha value is -1.34. The lowest BCUT2D eigenvalue weighted by atomic mass is 10.2. The van der Waals surface area contributed by atoms with Crippen molar-refractivity contribution in [1.82, 2.24) is 0 Å². The number of aliphatic hydroxyl groups excluding tert-OH is 1. The molecule has 0 aromatic heterocycles. The van der Waals surface area contributed by atoms with Gasteiger partial charge in [-0.05, 0) is 12.5 Å². The van der Waals surface area contributed by atoms with E-state index in [2.05, 4.69) is 13.2 Å². The summed E-state index contributed by atoms with van der Waals surface area (Å²) in [4.78, 5) is 0. The molecule has 0 amide bonds. The summed E-state index contributed by atoms with van der Waals surface area (Å²) in [6.45, 7) is 8.94. The molecule has 1 aromatic carbocycles. The molecule has 1 rings (SSSR count). The minimum atomic E-state index is 0.111. The molecule has 0 radical (unpaired) electrons. The first kappa shape index (κ1) is 11.7. The molecule has 0 bridgehead atoms. The smallest absolute Gasteiger partial charge is 0.0636 e. The Balaban J connectivity index is 0.000000252. The molecule has 0 atom stereocenters. The van der Waals surface area contributed by atoms with E-state index in [1.54, 1.807) is 6.92 Å². The molecule has 13 heavy (non-hydrogen) atoms. The standard InChI is InChI=1S/C8H8.C4H8O/c1-2-8-6-4-3-5-7-8;1-4(2)3-5/h2-7H,1H2;5H,1,3H2,2H3. The summed E-state index contributed by atoms with van der Waals surface area (Å²) >= 11 is 0. The highest BCUT2D eigenvalue weighted by molar-refractivity contribution is 5.45. The van der Waals surface area contributed by atoms with Gasteiger partial charge >= 0.3 is 0 Å². The first-order chi connectivity index (χ1) is 6.20. The lowest BCUT2D eigenvalue weighted by Gasteiger charge is -1.85. The fourth-order valence-electron chi connectivity index (χ4n) is 0.589. The van der Waals surface area contributed by atoms with Gasteiger partial charge in [0.25, 0.3) is 0 Å². The van der Waals surface area contributed by atoms with E-state index in [9.17, 15) is 0 Å². The maximum Gasteiger partial charge on any atom is 0.0636 e. The fraction of sp³-hybridized carbons (Fsp3) is 0.167. The lowest BCUT2D eigenvalue weighted by molar-refractivity contribution is 0.332. The van der Waals surface area contributed by atoms with Crippen LogP contribution in [-0.4, -0.2) is 11.7 Å². The van der Waals surface area contributed by atoms with Gasteiger partial charge in [0, 0.05) is 0 Å². The zero-order chi connectivity index (χ0) is 10.1. The molecule has 1 N–H and O–H groups in total. The predicted molar refractivity (Wildman–Crippen MR) is 58.4 cm³/mol. The number of rotatable bonds is 2. The van der Waals surface area contributed by atoms with Gasteiger partial charge in [-0.25, -0.2) is 0 Å². The van der Waals surface area contributed by atoms with Crippen LogP contribution in [0.1, 0.15) is 12.5 Å². The van der Waals surface area contributed by atoms with Crippen molar-refractivity contribution in [2.24, 2.45) is 0 Å². The van der Waals surface area contributed by atoms with E-state index in [1.807, 2.05) is 36.4 Å². The normalized spacial score (nSPS) is 8.15. The van der Waals surface area contributed by atoms with Crippen LogP contribution in [0.3, 0.4) is 0 Å². The van der Waals surface area contributed by atoms with Gasteiger partial charge in [0.2, 0.25) is 0 Å². The van der Waals surface area contributed by atoms with Crippen LogP contribution in [0.4, 0.5) is 0 Å². The van der Waals surface area contributed by atoms with Crippen LogP contribution in [0, 0.1) is 0 Å². The number of hydrogen-bond donors (Lipinski definition) is 1. The van der Waals surface area contributed by atoms with Crippen molar-refractivity contribution in [3.05, 3.63) is 54.6 Å². The monoisotopic (exact) mass is 176 g/mol. The first-order valence-corrected chi connectivity index (χ1v) is 4.13. The van der Waals surface area contributed by atoms with Crippen LogP contribution < -0.4 is 0 Å². The minimum absolute atomic E-state index is 0.111. The third-order valence-electron chi connectivity index (χ3n) is 1.31. The van der Waals surface area contributed by atoms with Gasteiger partial charge in [0.15, 0.2) is 0 Å². The maximum atomic E-state index is 8.04. The quantitative estimate of drug-likeness (QED) is 0.687. The SMILES string of the molecule is C=C(C)CO.C=Cc1ccccc1. The Morgan fingerprint density at radius 2 is 1.85 bits per heavy atom. The molecular formula is C12H16O. The number of benzene rings is 1. The highest BCUT2D eigenvalue weighted by Crippen LogP contribution is 1.97. The lowest BCUT2D eigenvalue weighted by Crippen LogP contribution is -1.76.